The van der Waals surface area contributed by atoms with E-state index in [1.807, 2.05) is 41.8 Å². The van der Waals surface area contributed by atoms with E-state index in [9.17, 15) is 14.7 Å². The second-order valence-electron chi connectivity index (χ2n) is 5.07. The number of amides is 1. The van der Waals surface area contributed by atoms with Crippen molar-refractivity contribution in [2.24, 2.45) is 0 Å². The van der Waals surface area contributed by atoms with E-state index < -0.39 is 5.97 Å². The highest BCUT2D eigenvalue weighted by molar-refractivity contribution is 7.21. The lowest BCUT2D eigenvalue weighted by molar-refractivity contribution is -0.121. The normalized spacial score (nSPS) is 10.8. The van der Waals surface area contributed by atoms with E-state index in [0.717, 1.165) is 10.1 Å². The first-order valence-corrected chi connectivity index (χ1v) is 8.87. The molecule has 3 rings (SSSR count). The Morgan fingerprint density at radius 3 is 2.70 bits per heavy atom. The highest BCUT2D eigenvalue weighted by Crippen LogP contribution is 2.31. The Balaban J connectivity index is 1.69. The first kappa shape index (κ1) is 15.7. The predicted molar refractivity (Wildman–Crippen MR) is 93.3 cm³/mol. The molecule has 2 heterocycles. The number of benzene rings is 1. The standard InChI is InChI=1S/C17H15NO3S2/c19-15(8-7-11-4-3-9-22-11)18-10-13-12-5-1-2-6-14(12)23-16(13)17(20)21/h1-6,9H,7-8,10H2,(H,18,19)(H,20,21). The molecule has 0 saturated heterocycles. The molecule has 23 heavy (non-hydrogen) atoms. The van der Waals surface area contributed by atoms with Crippen molar-refractivity contribution in [3.05, 3.63) is 57.1 Å². The zero-order valence-corrected chi connectivity index (χ0v) is 13.9. The minimum absolute atomic E-state index is 0.0648. The number of carboxylic acid groups (broad SMARTS) is 1. The van der Waals surface area contributed by atoms with Crippen LogP contribution in [-0.4, -0.2) is 17.0 Å². The minimum atomic E-state index is -0.950. The largest absolute Gasteiger partial charge is 0.477 e. The molecule has 0 fully saturated rings. The van der Waals surface area contributed by atoms with Crippen LogP contribution < -0.4 is 5.32 Å². The van der Waals surface area contributed by atoms with Crippen LogP contribution in [0.4, 0.5) is 0 Å². The maximum Gasteiger partial charge on any atom is 0.346 e. The van der Waals surface area contributed by atoms with Crippen molar-refractivity contribution in [2.75, 3.05) is 0 Å². The maximum absolute atomic E-state index is 12.0. The second-order valence-corrected chi connectivity index (χ2v) is 7.15. The summed E-state index contributed by atoms with van der Waals surface area (Å²) in [6, 6.07) is 11.5. The molecule has 0 aliphatic heterocycles. The lowest BCUT2D eigenvalue weighted by Gasteiger charge is -2.05. The van der Waals surface area contributed by atoms with Gasteiger partial charge >= 0.3 is 5.97 Å². The Bertz CT molecular complexity index is 837. The van der Waals surface area contributed by atoms with Gasteiger partial charge in [0, 0.05) is 28.1 Å². The molecular formula is C17H15NO3S2. The number of carbonyl (C=O) groups excluding carboxylic acids is 1. The summed E-state index contributed by atoms with van der Waals surface area (Å²) >= 11 is 2.88. The van der Waals surface area contributed by atoms with E-state index in [1.165, 1.54) is 16.2 Å². The number of nitrogens with one attached hydrogen (secondary N) is 1. The van der Waals surface area contributed by atoms with E-state index in [1.54, 1.807) is 11.3 Å². The average molecular weight is 345 g/mol. The lowest BCUT2D eigenvalue weighted by atomic mass is 10.1. The predicted octanol–water partition coefficient (Wildman–Crippen LogP) is 3.91. The van der Waals surface area contributed by atoms with Crippen LogP contribution in [0.5, 0.6) is 0 Å². The zero-order chi connectivity index (χ0) is 16.2. The van der Waals surface area contributed by atoms with Gasteiger partial charge in [-0.1, -0.05) is 24.3 Å². The molecule has 118 valence electrons. The van der Waals surface area contributed by atoms with Crippen LogP contribution in [0.25, 0.3) is 10.1 Å². The van der Waals surface area contributed by atoms with Crippen LogP contribution in [0, 0.1) is 0 Å². The Morgan fingerprint density at radius 2 is 1.96 bits per heavy atom. The molecular weight excluding hydrogens is 330 g/mol. The summed E-state index contributed by atoms with van der Waals surface area (Å²) in [6.07, 6.45) is 1.12. The van der Waals surface area contributed by atoms with Gasteiger partial charge in [-0.3, -0.25) is 4.79 Å². The van der Waals surface area contributed by atoms with E-state index in [0.29, 0.717) is 23.3 Å². The molecule has 1 aromatic carbocycles. The molecule has 0 bridgehead atoms. The molecule has 3 aromatic rings. The van der Waals surface area contributed by atoms with Crippen LogP contribution >= 0.6 is 22.7 Å². The topological polar surface area (TPSA) is 66.4 Å². The van der Waals surface area contributed by atoms with Crippen LogP contribution in [0.3, 0.4) is 0 Å². The molecule has 0 aliphatic rings. The van der Waals surface area contributed by atoms with Crippen LogP contribution in [-0.2, 0) is 17.8 Å². The van der Waals surface area contributed by atoms with E-state index in [-0.39, 0.29) is 12.5 Å². The summed E-state index contributed by atoms with van der Waals surface area (Å²) in [5, 5.41) is 15.1. The minimum Gasteiger partial charge on any atom is -0.477 e. The third-order valence-corrected chi connectivity index (χ3v) is 5.67. The Labute approximate surface area is 141 Å². The van der Waals surface area contributed by atoms with Crippen molar-refractivity contribution < 1.29 is 14.7 Å². The molecule has 0 saturated carbocycles. The molecule has 0 radical (unpaired) electrons. The number of hydrogen-bond donors (Lipinski definition) is 2. The van der Waals surface area contributed by atoms with E-state index in [2.05, 4.69) is 5.32 Å². The van der Waals surface area contributed by atoms with E-state index in [4.69, 9.17) is 0 Å². The maximum atomic E-state index is 12.0. The third-order valence-electron chi connectivity index (χ3n) is 3.53. The molecule has 0 atom stereocenters. The van der Waals surface area contributed by atoms with Crippen molar-refractivity contribution in [1.82, 2.24) is 5.32 Å². The number of aryl methyl sites for hydroxylation is 1. The molecule has 1 amide bonds. The van der Waals surface area contributed by atoms with Gasteiger partial charge in [-0.25, -0.2) is 4.79 Å². The number of fused-ring (bicyclic) bond motifs is 1. The second kappa shape index (κ2) is 6.93. The molecule has 0 aliphatic carbocycles. The smallest absolute Gasteiger partial charge is 0.346 e. The Kier molecular flexibility index (Phi) is 4.73. The van der Waals surface area contributed by atoms with Gasteiger partial charge in [-0.05, 0) is 29.3 Å². The Hall–Kier alpha value is -2.18. The van der Waals surface area contributed by atoms with Gasteiger partial charge in [-0.2, -0.15) is 0 Å². The van der Waals surface area contributed by atoms with Crippen molar-refractivity contribution in [3.8, 4) is 0 Å². The quantitative estimate of drug-likeness (QED) is 0.712. The van der Waals surface area contributed by atoms with Crippen LogP contribution in [0.15, 0.2) is 41.8 Å². The first-order valence-electron chi connectivity index (χ1n) is 7.18. The fourth-order valence-electron chi connectivity index (χ4n) is 2.41. The molecule has 4 nitrogen and oxygen atoms in total. The number of carbonyl (C=O) groups is 2. The molecule has 0 spiro atoms. The fourth-order valence-corrected chi connectivity index (χ4v) is 4.18. The lowest BCUT2D eigenvalue weighted by Crippen LogP contribution is -2.23. The average Bonchev–Trinajstić information content (AvgIpc) is 3.18. The van der Waals surface area contributed by atoms with E-state index >= 15 is 0 Å². The van der Waals surface area contributed by atoms with Gasteiger partial charge in [0.2, 0.25) is 5.91 Å². The highest BCUT2D eigenvalue weighted by Gasteiger charge is 2.17. The fraction of sp³-hybridized carbons (Fsp3) is 0.176. The van der Waals surface area contributed by atoms with Crippen molar-refractivity contribution >= 4 is 44.6 Å². The van der Waals surface area contributed by atoms with Crippen molar-refractivity contribution in [1.29, 1.82) is 0 Å². The molecule has 0 unspecified atom stereocenters. The number of rotatable bonds is 6. The van der Waals surface area contributed by atoms with Gasteiger partial charge in [0.1, 0.15) is 4.88 Å². The third kappa shape index (κ3) is 3.60. The first-order chi connectivity index (χ1) is 11.1. The van der Waals surface area contributed by atoms with Gasteiger partial charge in [0.25, 0.3) is 0 Å². The highest BCUT2D eigenvalue weighted by atomic mass is 32.1. The summed E-state index contributed by atoms with van der Waals surface area (Å²) in [7, 11) is 0. The van der Waals surface area contributed by atoms with Gasteiger partial charge in [0.05, 0.1) is 0 Å². The summed E-state index contributed by atoms with van der Waals surface area (Å²) < 4.78 is 0.924. The van der Waals surface area contributed by atoms with Gasteiger partial charge < -0.3 is 10.4 Å². The summed E-state index contributed by atoms with van der Waals surface area (Å²) in [4.78, 5) is 24.9. The molecule has 2 N–H and O–H groups in total. The van der Waals surface area contributed by atoms with Crippen LogP contribution in [0.2, 0.25) is 0 Å². The number of thiophene rings is 2. The number of aromatic carboxylic acids is 1. The summed E-state index contributed by atoms with van der Waals surface area (Å²) in [5.41, 5.74) is 0.683. The number of hydrogen-bond acceptors (Lipinski definition) is 4. The van der Waals surface area contributed by atoms with Crippen molar-refractivity contribution in [2.45, 2.75) is 19.4 Å². The van der Waals surface area contributed by atoms with Gasteiger partial charge in [0.15, 0.2) is 0 Å². The van der Waals surface area contributed by atoms with Gasteiger partial charge in [-0.15, -0.1) is 22.7 Å². The van der Waals surface area contributed by atoms with Crippen molar-refractivity contribution in [3.63, 3.8) is 0 Å². The summed E-state index contributed by atoms with van der Waals surface area (Å²) in [6.45, 7) is 0.245. The summed E-state index contributed by atoms with van der Waals surface area (Å²) in [5.74, 6) is -1.01. The Morgan fingerprint density at radius 1 is 1.13 bits per heavy atom. The molecule has 2 aromatic heterocycles. The van der Waals surface area contributed by atoms with Crippen LogP contribution in [0.1, 0.15) is 26.5 Å². The SMILES string of the molecule is O=C(CCc1cccs1)NCc1c(C(=O)O)sc2ccccc12. The molecule has 6 heteroatoms. The zero-order valence-electron chi connectivity index (χ0n) is 12.2. The monoisotopic (exact) mass is 345 g/mol. The number of carboxylic acids is 1.